The molecule has 0 atom stereocenters. The Morgan fingerprint density at radius 1 is 1.62 bits per heavy atom. The highest BCUT2D eigenvalue weighted by atomic mass is 32.2. The minimum absolute atomic E-state index is 0.600. The molecule has 1 aliphatic heterocycles. The lowest BCUT2D eigenvalue weighted by molar-refractivity contribution is 0.357. The van der Waals surface area contributed by atoms with E-state index >= 15 is 0 Å². The van der Waals surface area contributed by atoms with Crippen LogP contribution in [0.5, 0.6) is 5.75 Å². The first-order valence-electron chi connectivity index (χ1n) is 4.87. The predicted molar refractivity (Wildman–Crippen MR) is 65.0 cm³/mol. The lowest BCUT2D eigenvalue weighted by Gasteiger charge is -2.03. The number of nitrogens with zero attached hydrogens (tertiary/aromatic N) is 2. The van der Waals surface area contributed by atoms with Crippen LogP contribution in [0.1, 0.15) is 5.56 Å². The third kappa shape index (κ3) is 2.12. The van der Waals surface area contributed by atoms with Crippen molar-refractivity contribution in [3.8, 4) is 11.9 Å². The summed E-state index contributed by atoms with van der Waals surface area (Å²) in [7, 11) is 0. The van der Waals surface area contributed by atoms with Gasteiger partial charge in [0.1, 0.15) is 5.75 Å². The van der Waals surface area contributed by atoms with Gasteiger partial charge in [-0.25, -0.2) is 4.99 Å². The maximum Gasteiger partial charge on any atom is 0.183 e. The minimum atomic E-state index is 0.600. The zero-order valence-corrected chi connectivity index (χ0v) is 9.67. The van der Waals surface area contributed by atoms with E-state index in [1.165, 1.54) is 11.8 Å². The molecule has 1 heterocycles. The van der Waals surface area contributed by atoms with Gasteiger partial charge in [0.15, 0.2) is 11.4 Å². The number of amidine groups is 1. The molecule has 1 aliphatic rings. The van der Waals surface area contributed by atoms with E-state index in [0.717, 1.165) is 23.4 Å². The summed E-state index contributed by atoms with van der Waals surface area (Å²) in [5.74, 6) is 0.902. The molecule has 0 saturated carbocycles. The Balaban J connectivity index is 2.34. The zero-order chi connectivity index (χ0) is 11.4. The van der Waals surface area contributed by atoms with Crippen LogP contribution in [0.3, 0.4) is 0 Å². The van der Waals surface area contributed by atoms with Crippen LogP contribution in [-0.2, 0) is 6.42 Å². The van der Waals surface area contributed by atoms with Crippen LogP contribution in [0.2, 0.25) is 0 Å². The van der Waals surface area contributed by atoms with Crippen LogP contribution in [0, 0.1) is 11.5 Å². The fourth-order valence-electron chi connectivity index (χ4n) is 1.59. The molecule has 1 aromatic carbocycles. The number of benzene rings is 1. The summed E-state index contributed by atoms with van der Waals surface area (Å²) in [6.45, 7) is 0.710. The predicted octanol–water partition coefficient (Wildman–Crippen LogP) is 2.04. The molecule has 0 spiro atoms. The monoisotopic (exact) mass is 233 g/mol. The van der Waals surface area contributed by atoms with E-state index in [4.69, 9.17) is 10.00 Å². The molecule has 82 valence electrons. The molecule has 0 unspecified atom stereocenters. The van der Waals surface area contributed by atoms with Gasteiger partial charge in [-0.3, -0.25) is 5.32 Å². The van der Waals surface area contributed by atoms with Gasteiger partial charge in [-0.15, -0.1) is 0 Å². The number of nitriles is 1. The summed E-state index contributed by atoms with van der Waals surface area (Å²) >= 11 is 1.41. The van der Waals surface area contributed by atoms with Crippen molar-refractivity contribution in [1.29, 1.82) is 5.26 Å². The average Bonchev–Trinajstić information content (AvgIpc) is 2.77. The molecule has 0 radical (unpaired) electrons. The number of thioether (sulfide) groups is 1. The van der Waals surface area contributed by atoms with Crippen molar-refractivity contribution in [1.82, 2.24) is 5.32 Å². The minimum Gasteiger partial charge on any atom is -0.493 e. The van der Waals surface area contributed by atoms with E-state index in [2.05, 4.69) is 10.3 Å². The number of nitrogens with one attached hydrogen (secondary N) is 1. The van der Waals surface area contributed by atoms with Crippen LogP contribution < -0.4 is 10.1 Å². The highest BCUT2D eigenvalue weighted by Crippen LogP contribution is 2.33. The van der Waals surface area contributed by atoms with E-state index < -0.39 is 0 Å². The van der Waals surface area contributed by atoms with E-state index in [9.17, 15) is 0 Å². The van der Waals surface area contributed by atoms with E-state index in [-0.39, 0.29) is 0 Å². The molecular weight excluding hydrogens is 222 g/mol. The van der Waals surface area contributed by atoms with Gasteiger partial charge in [0.25, 0.3) is 0 Å². The fourth-order valence-corrected chi connectivity index (χ4v) is 1.93. The summed E-state index contributed by atoms with van der Waals surface area (Å²) in [5.41, 5.74) is 2.00. The topological polar surface area (TPSA) is 57.4 Å². The Morgan fingerprint density at radius 2 is 2.50 bits per heavy atom. The third-order valence-electron chi connectivity index (χ3n) is 2.30. The molecule has 0 amide bonds. The van der Waals surface area contributed by atoms with Gasteiger partial charge >= 0.3 is 0 Å². The maximum absolute atomic E-state index is 8.56. The van der Waals surface area contributed by atoms with Crippen molar-refractivity contribution in [2.45, 2.75) is 6.42 Å². The third-order valence-corrected chi connectivity index (χ3v) is 2.88. The summed E-state index contributed by atoms with van der Waals surface area (Å²) in [5, 5.41) is 11.7. The molecule has 0 aliphatic carbocycles. The number of rotatable bonds is 1. The first kappa shape index (κ1) is 10.8. The van der Waals surface area contributed by atoms with Crippen molar-refractivity contribution in [2.24, 2.45) is 4.99 Å². The van der Waals surface area contributed by atoms with Gasteiger partial charge in [0.05, 0.1) is 12.3 Å². The Bertz CT molecular complexity index is 465. The Labute approximate surface area is 98.3 Å². The fraction of sp³-hybridized carbons (Fsp3) is 0.273. The van der Waals surface area contributed by atoms with Crippen LogP contribution in [-0.4, -0.2) is 18.0 Å². The second kappa shape index (κ2) is 4.90. The maximum atomic E-state index is 8.56. The highest BCUT2D eigenvalue weighted by Gasteiger charge is 2.15. The normalized spacial score (nSPS) is 13.9. The van der Waals surface area contributed by atoms with Crippen LogP contribution >= 0.6 is 11.8 Å². The zero-order valence-electron chi connectivity index (χ0n) is 8.86. The number of aliphatic imine (C=N–C) groups is 1. The second-order valence-corrected chi connectivity index (χ2v) is 4.01. The van der Waals surface area contributed by atoms with Crippen molar-refractivity contribution < 1.29 is 4.74 Å². The second-order valence-electron chi connectivity index (χ2n) is 3.21. The lowest BCUT2D eigenvalue weighted by Crippen LogP contribution is -2.12. The molecule has 0 bridgehead atoms. The van der Waals surface area contributed by atoms with Gasteiger partial charge < -0.3 is 4.74 Å². The largest absolute Gasteiger partial charge is 0.493 e. The smallest absolute Gasteiger partial charge is 0.183 e. The Hall–Kier alpha value is -1.67. The summed E-state index contributed by atoms with van der Waals surface area (Å²) in [6, 6.07) is 5.79. The molecule has 0 saturated heterocycles. The van der Waals surface area contributed by atoms with Crippen molar-refractivity contribution in [3.05, 3.63) is 23.8 Å². The SMILES string of the molecule is CSC(=Nc1cccc2c1CCO2)NC#N. The number of ether oxygens (including phenoxy) is 1. The van der Waals surface area contributed by atoms with Gasteiger partial charge in [0, 0.05) is 12.0 Å². The molecule has 5 heteroatoms. The highest BCUT2D eigenvalue weighted by molar-refractivity contribution is 8.13. The van der Waals surface area contributed by atoms with Crippen LogP contribution in [0.4, 0.5) is 5.69 Å². The van der Waals surface area contributed by atoms with Crippen LogP contribution in [0.25, 0.3) is 0 Å². The van der Waals surface area contributed by atoms with E-state index in [0.29, 0.717) is 11.8 Å². The van der Waals surface area contributed by atoms with Gasteiger partial charge in [-0.05, 0) is 18.4 Å². The van der Waals surface area contributed by atoms with Crippen molar-refractivity contribution in [3.63, 3.8) is 0 Å². The first-order chi connectivity index (χ1) is 7.85. The quantitative estimate of drug-likeness (QED) is 0.349. The molecule has 16 heavy (non-hydrogen) atoms. The molecule has 1 N–H and O–H groups in total. The van der Waals surface area contributed by atoms with Crippen LogP contribution in [0.15, 0.2) is 23.2 Å². The van der Waals surface area contributed by atoms with Crippen molar-refractivity contribution >= 4 is 22.6 Å². The Morgan fingerprint density at radius 3 is 3.25 bits per heavy atom. The molecule has 2 rings (SSSR count). The standard InChI is InChI=1S/C11H11N3OS/c1-16-11(13-7-12)14-9-3-2-4-10-8(9)5-6-15-10/h2-4H,5-6H2,1H3,(H,13,14). The van der Waals surface area contributed by atoms with Gasteiger partial charge in [-0.2, -0.15) is 5.26 Å². The van der Waals surface area contributed by atoms with Crippen molar-refractivity contribution in [2.75, 3.05) is 12.9 Å². The van der Waals surface area contributed by atoms with E-state index in [1.54, 1.807) is 0 Å². The lowest BCUT2D eigenvalue weighted by atomic mass is 10.1. The number of fused-ring (bicyclic) bond motifs is 1. The number of hydrogen-bond acceptors (Lipinski definition) is 4. The molecule has 0 fully saturated rings. The van der Waals surface area contributed by atoms with E-state index in [1.807, 2.05) is 30.6 Å². The number of hydrogen-bond donors (Lipinski definition) is 1. The average molecular weight is 233 g/mol. The summed E-state index contributed by atoms with van der Waals surface area (Å²) in [4.78, 5) is 4.40. The molecule has 0 aromatic heterocycles. The summed E-state index contributed by atoms with van der Waals surface area (Å²) in [6.07, 6.45) is 4.63. The first-order valence-corrected chi connectivity index (χ1v) is 6.10. The summed E-state index contributed by atoms with van der Waals surface area (Å²) < 4.78 is 5.45. The molecular formula is C11H11N3OS. The molecule has 1 aromatic rings. The van der Waals surface area contributed by atoms with Gasteiger partial charge in [0.2, 0.25) is 0 Å². The van der Waals surface area contributed by atoms with Gasteiger partial charge in [-0.1, -0.05) is 17.8 Å². The Kier molecular flexibility index (Phi) is 3.32. The molecule has 4 nitrogen and oxygen atoms in total.